The average Bonchev–Trinajstić information content (AvgIpc) is 3.16. The van der Waals surface area contributed by atoms with E-state index in [1.807, 2.05) is 4.90 Å². The number of fused-ring (bicyclic) bond motifs is 1. The number of methoxy groups -OCH3 is 1. The molecule has 1 saturated carbocycles. The first-order valence-corrected chi connectivity index (χ1v) is 10.4. The molecule has 7 nitrogen and oxygen atoms in total. The van der Waals surface area contributed by atoms with E-state index in [-0.39, 0.29) is 17.9 Å². The van der Waals surface area contributed by atoms with Crippen LogP contribution < -0.4 is 4.74 Å². The van der Waals surface area contributed by atoms with Crippen molar-refractivity contribution in [3.05, 3.63) is 29.8 Å². The van der Waals surface area contributed by atoms with Gasteiger partial charge in [0, 0.05) is 32.2 Å². The number of aliphatic hydroxyl groups excluding tert-OH is 1. The first kappa shape index (κ1) is 20.2. The van der Waals surface area contributed by atoms with E-state index in [1.165, 1.54) is 7.11 Å². The topological polar surface area (TPSA) is 85.3 Å². The van der Waals surface area contributed by atoms with E-state index >= 15 is 0 Å². The summed E-state index contributed by atoms with van der Waals surface area (Å²) in [6, 6.07) is 6.83. The number of esters is 1. The van der Waals surface area contributed by atoms with Crippen LogP contribution >= 0.6 is 0 Å². The summed E-state index contributed by atoms with van der Waals surface area (Å²) in [5.74, 6) is 1.08. The number of hydrogen-bond acceptors (Lipinski definition) is 6. The Hall–Kier alpha value is -2.12. The van der Waals surface area contributed by atoms with Gasteiger partial charge in [0.2, 0.25) is 5.91 Å². The molecule has 0 unspecified atom stereocenters. The molecule has 3 fully saturated rings. The fourth-order valence-corrected chi connectivity index (χ4v) is 4.89. The molecule has 0 spiro atoms. The lowest BCUT2D eigenvalue weighted by molar-refractivity contribution is -0.137. The Morgan fingerprint density at radius 3 is 2.59 bits per heavy atom. The third-order valence-corrected chi connectivity index (χ3v) is 6.51. The van der Waals surface area contributed by atoms with E-state index in [2.05, 4.69) is 0 Å². The molecule has 2 saturated heterocycles. The second-order valence-electron chi connectivity index (χ2n) is 8.36. The number of likely N-dealkylation sites (tertiary alicyclic amines) is 1. The Balaban J connectivity index is 1.38. The molecule has 1 N–H and O–H groups in total. The molecule has 2 heterocycles. The summed E-state index contributed by atoms with van der Waals surface area (Å²) in [5, 5.41) is 10.6. The zero-order chi connectivity index (χ0) is 20.4. The highest BCUT2D eigenvalue weighted by atomic mass is 16.5. The largest absolute Gasteiger partial charge is 0.488 e. The minimum Gasteiger partial charge on any atom is -0.488 e. The van der Waals surface area contributed by atoms with Crippen LogP contribution in [-0.4, -0.2) is 67.5 Å². The molecule has 2 aliphatic heterocycles. The molecule has 4 rings (SSSR count). The molecule has 7 heteroatoms. The van der Waals surface area contributed by atoms with Crippen LogP contribution in [0.15, 0.2) is 24.3 Å². The molecule has 3 aliphatic rings. The minimum absolute atomic E-state index is 0.0712. The van der Waals surface area contributed by atoms with Gasteiger partial charge < -0.3 is 24.2 Å². The Kier molecular flexibility index (Phi) is 6.06. The van der Waals surface area contributed by atoms with Crippen molar-refractivity contribution in [2.45, 2.75) is 37.9 Å². The number of benzene rings is 1. The minimum atomic E-state index is -0.587. The highest BCUT2D eigenvalue weighted by molar-refractivity contribution is 5.89. The van der Waals surface area contributed by atoms with Crippen molar-refractivity contribution in [3.8, 4) is 5.75 Å². The number of rotatable bonds is 4. The van der Waals surface area contributed by atoms with Crippen molar-refractivity contribution in [3.63, 3.8) is 0 Å². The van der Waals surface area contributed by atoms with E-state index < -0.39 is 12.1 Å². The number of aliphatic hydroxyl groups is 1. The molecular weight excluding hydrogens is 374 g/mol. The quantitative estimate of drug-likeness (QED) is 0.773. The van der Waals surface area contributed by atoms with Gasteiger partial charge in [-0.3, -0.25) is 4.79 Å². The van der Waals surface area contributed by atoms with Crippen molar-refractivity contribution in [2.75, 3.05) is 33.4 Å². The Morgan fingerprint density at radius 2 is 1.86 bits per heavy atom. The molecule has 29 heavy (non-hydrogen) atoms. The monoisotopic (exact) mass is 403 g/mol. The summed E-state index contributed by atoms with van der Waals surface area (Å²) in [5.41, 5.74) is 0.419. The van der Waals surface area contributed by atoms with Crippen LogP contribution in [0.4, 0.5) is 0 Å². The molecular formula is C22H29NO6. The fourth-order valence-electron chi connectivity index (χ4n) is 4.89. The predicted molar refractivity (Wildman–Crippen MR) is 105 cm³/mol. The first-order valence-electron chi connectivity index (χ1n) is 10.4. The summed E-state index contributed by atoms with van der Waals surface area (Å²) in [7, 11) is 1.34. The molecule has 1 aliphatic carbocycles. The van der Waals surface area contributed by atoms with E-state index in [0.29, 0.717) is 49.2 Å². The Bertz CT molecular complexity index is 747. The molecule has 0 bridgehead atoms. The van der Waals surface area contributed by atoms with Gasteiger partial charge in [-0.05, 0) is 55.7 Å². The van der Waals surface area contributed by atoms with Crippen LogP contribution in [0.3, 0.4) is 0 Å². The molecule has 0 aromatic heterocycles. The summed E-state index contributed by atoms with van der Waals surface area (Å²) in [4.78, 5) is 26.6. The van der Waals surface area contributed by atoms with Crippen LogP contribution in [-0.2, 0) is 14.3 Å². The SMILES string of the molecule is COC(=O)c1cccc(O[C@@H]2C[C@@H]3CN(C(=O)C4CCOCC4)C[C@@H]3C[C@H]2O)c1. The number of nitrogens with zero attached hydrogens (tertiary/aromatic N) is 1. The molecule has 1 amide bonds. The van der Waals surface area contributed by atoms with Gasteiger partial charge in [-0.15, -0.1) is 0 Å². The highest BCUT2D eigenvalue weighted by Gasteiger charge is 2.44. The van der Waals surface area contributed by atoms with Crippen LogP contribution in [0.5, 0.6) is 5.75 Å². The summed E-state index contributed by atoms with van der Waals surface area (Å²) in [6.45, 7) is 2.78. The van der Waals surface area contributed by atoms with E-state index in [0.717, 1.165) is 25.9 Å². The first-order chi connectivity index (χ1) is 14.0. The number of hydrogen-bond donors (Lipinski definition) is 1. The Labute approximate surface area is 170 Å². The van der Waals surface area contributed by atoms with Crippen LogP contribution in [0.25, 0.3) is 0 Å². The second kappa shape index (κ2) is 8.71. The number of carbonyl (C=O) groups excluding carboxylic acids is 2. The normalized spacial score (nSPS) is 29.9. The molecule has 158 valence electrons. The summed E-state index contributed by atoms with van der Waals surface area (Å²) in [6.07, 6.45) is 2.00. The highest BCUT2D eigenvalue weighted by Crippen LogP contribution is 2.39. The predicted octanol–water partition coefficient (Wildman–Crippen LogP) is 1.88. The van der Waals surface area contributed by atoms with Crippen molar-refractivity contribution in [1.82, 2.24) is 4.90 Å². The van der Waals surface area contributed by atoms with Crippen LogP contribution in [0, 0.1) is 17.8 Å². The Morgan fingerprint density at radius 1 is 1.14 bits per heavy atom. The van der Waals surface area contributed by atoms with E-state index in [9.17, 15) is 14.7 Å². The van der Waals surface area contributed by atoms with E-state index in [4.69, 9.17) is 14.2 Å². The van der Waals surface area contributed by atoms with Crippen molar-refractivity contribution >= 4 is 11.9 Å². The van der Waals surface area contributed by atoms with Crippen molar-refractivity contribution in [2.24, 2.45) is 17.8 Å². The molecule has 1 aromatic rings. The lowest BCUT2D eigenvalue weighted by Gasteiger charge is -2.35. The zero-order valence-electron chi connectivity index (χ0n) is 16.8. The van der Waals surface area contributed by atoms with Gasteiger partial charge in [0.1, 0.15) is 11.9 Å². The van der Waals surface area contributed by atoms with Crippen LogP contribution in [0.1, 0.15) is 36.0 Å². The summed E-state index contributed by atoms with van der Waals surface area (Å²) >= 11 is 0. The lowest BCUT2D eigenvalue weighted by atomic mass is 9.78. The molecule has 4 atom stereocenters. The van der Waals surface area contributed by atoms with Gasteiger partial charge in [-0.25, -0.2) is 4.79 Å². The van der Waals surface area contributed by atoms with E-state index in [1.54, 1.807) is 24.3 Å². The summed E-state index contributed by atoms with van der Waals surface area (Å²) < 4.78 is 16.2. The third kappa shape index (κ3) is 4.41. The van der Waals surface area contributed by atoms with Crippen LogP contribution in [0.2, 0.25) is 0 Å². The number of carbonyl (C=O) groups is 2. The van der Waals surface area contributed by atoms with Gasteiger partial charge in [-0.2, -0.15) is 0 Å². The maximum atomic E-state index is 12.9. The fraction of sp³-hybridized carbons (Fsp3) is 0.636. The zero-order valence-corrected chi connectivity index (χ0v) is 16.8. The number of amides is 1. The maximum Gasteiger partial charge on any atom is 0.337 e. The van der Waals surface area contributed by atoms with Gasteiger partial charge in [0.15, 0.2) is 0 Å². The lowest BCUT2D eigenvalue weighted by Crippen LogP contribution is -2.42. The maximum absolute atomic E-state index is 12.9. The van der Waals surface area contributed by atoms with Crippen molar-refractivity contribution in [1.29, 1.82) is 0 Å². The smallest absolute Gasteiger partial charge is 0.337 e. The van der Waals surface area contributed by atoms with Gasteiger partial charge in [0.05, 0.1) is 18.8 Å². The average molecular weight is 403 g/mol. The van der Waals surface area contributed by atoms with Gasteiger partial charge in [0.25, 0.3) is 0 Å². The standard InChI is InChI=1S/C22H29NO6/c1-27-22(26)15-3-2-4-18(9-15)29-20-11-17-13-23(12-16(17)10-19(20)24)21(25)14-5-7-28-8-6-14/h2-4,9,14,16-17,19-20,24H,5-8,10-13H2,1H3/t16-,17+,19+,20+/m0/s1. The molecule has 1 aromatic carbocycles. The van der Waals surface area contributed by atoms with Crippen molar-refractivity contribution < 1.29 is 28.9 Å². The van der Waals surface area contributed by atoms with Gasteiger partial charge >= 0.3 is 5.97 Å². The second-order valence-corrected chi connectivity index (χ2v) is 8.36. The third-order valence-electron chi connectivity index (χ3n) is 6.51. The van der Waals surface area contributed by atoms with Gasteiger partial charge in [-0.1, -0.05) is 6.07 Å². The molecule has 0 radical (unpaired) electrons. The number of ether oxygens (including phenoxy) is 3.